The van der Waals surface area contributed by atoms with Gasteiger partial charge in [0.25, 0.3) is 0 Å². The molecule has 0 amide bonds. The number of methoxy groups -OCH3 is 1. The van der Waals surface area contributed by atoms with Crippen molar-refractivity contribution in [3.05, 3.63) is 29.6 Å². The van der Waals surface area contributed by atoms with Crippen LogP contribution in [0.1, 0.15) is 11.7 Å². The first-order valence-electron chi connectivity index (χ1n) is 3.76. The highest BCUT2D eigenvalue weighted by atomic mass is 19.1. The first-order chi connectivity index (χ1) is 6.19. The predicted octanol–water partition coefficient (Wildman–Crippen LogP) is 1.84. The molecular weight excluding hydrogens is 178 g/mol. The third-order valence-electron chi connectivity index (χ3n) is 1.71. The fraction of sp³-hybridized carbons (Fsp3) is 0.333. The number of hydrogen-bond acceptors (Lipinski definition) is 2. The summed E-state index contributed by atoms with van der Waals surface area (Å²) < 4.78 is 29.8. The molecule has 2 nitrogen and oxygen atoms in total. The largest absolute Gasteiger partial charge is 0.497 e. The average Bonchev–Trinajstić information content (AvgIpc) is 2.16. The van der Waals surface area contributed by atoms with Crippen molar-refractivity contribution in [1.82, 2.24) is 0 Å². The Kier molecular flexibility index (Phi) is 3.19. The van der Waals surface area contributed by atoms with Crippen molar-refractivity contribution < 1.29 is 18.6 Å². The van der Waals surface area contributed by atoms with Crippen LogP contribution in [0.2, 0.25) is 0 Å². The summed E-state index contributed by atoms with van der Waals surface area (Å²) in [5.41, 5.74) is -0.0525. The molecule has 1 unspecified atom stereocenters. The molecule has 0 aliphatic carbocycles. The third kappa shape index (κ3) is 2.15. The molecule has 0 aliphatic rings. The Labute approximate surface area is 74.8 Å². The summed E-state index contributed by atoms with van der Waals surface area (Å²) in [5.74, 6) is -0.322. The minimum absolute atomic E-state index is 0.0525. The van der Waals surface area contributed by atoms with Gasteiger partial charge in [0.1, 0.15) is 24.3 Å². The molecule has 0 saturated heterocycles. The molecule has 0 spiro atoms. The van der Waals surface area contributed by atoms with Crippen LogP contribution in [0.3, 0.4) is 0 Å². The fourth-order valence-electron chi connectivity index (χ4n) is 0.988. The van der Waals surface area contributed by atoms with Gasteiger partial charge >= 0.3 is 0 Å². The maximum Gasteiger partial charge on any atom is 0.132 e. The lowest BCUT2D eigenvalue weighted by molar-refractivity contribution is 0.137. The Morgan fingerprint density at radius 2 is 2.23 bits per heavy atom. The van der Waals surface area contributed by atoms with E-state index in [1.54, 1.807) is 0 Å². The van der Waals surface area contributed by atoms with E-state index in [1.165, 1.54) is 19.2 Å². The molecule has 0 saturated carbocycles. The van der Waals surface area contributed by atoms with Crippen LogP contribution in [0.25, 0.3) is 0 Å². The Balaban J connectivity index is 2.98. The summed E-state index contributed by atoms with van der Waals surface area (Å²) in [7, 11) is 1.40. The number of halogens is 2. The quantitative estimate of drug-likeness (QED) is 0.784. The summed E-state index contributed by atoms with van der Waals surface area (Å²) >= 11 is 0. The molecule has 72 valence electrons. The monoisotopic (exact) mass is 188 g/mol. The van der Waals surface area contributed by atoms with E-state index in [-0.39, 0.29) is 5.56 Å². The van der Waals surface area contributed by atoms with Crippen molar-refractivity contribution in [2.45, 2.75) is 6.10 Å². The minimum Gasteiger partial charge on any atom is -0.497 e. The van der Waals surface area contributed by atoms with Gasteiger partial charge in [-0.15, -0.1) is 0 Å². The number of aliphatic hydroxyl groups is 1. The van der Waals surface area contributed by atoms with Crippen molar-refractivity contribution in [3.63, 3.8) is 0 Å². The first-order valence-corrected chi connectivity index (χ1v) is 3.76. The van der Waals surface area contributed by atoms with E-state index < -0.39 is 18.6 Å². The maximum atomic E-state index is 13.1. The van der Waals surface area contributed by atoms with Gasteiger partial charge in [-0.25, -0.2) is 8.78 Å². The molecular formula is C9H10F2O2. The average molecular weight is 188 g/mol. The summed E-state index contributed by atoms with van der Waals surface area (Å²) in [4.78, 5) is 0. The molecule has 1 aromatic carbocycles. The molecule has 0 fully saturated rings. The lowest BCUT2D eigenvalue weighted by Crippen LogP contribution is -2.02. The van der Waals surface area contributed by atoms with Crippen LogP contribution < -0.4 is 4.74 Å². The zero-order chi connectivity index (χ0) is 9.84. The van der Waals surface area contributed by atoms with Gasteiger partial charge in [-0.05, 0) is 12.1 Å². The summed E-state index contributed by atoms with van der Waals surface area (Å²) in [6.07, 6.45) is -1.40. The highest BCUT2D eigenvalue weighted by molar-refractivity contribution is 5.30. The fourth-order valence-corrected chi connectivity index (χ4v) is 0.988. The number of rotatable bonds is 3. The minimum atomic E-state index is -1.40. The van der Waals surface area contributed by atoms with E-state index in [0.717, 1.165) is 6.07 Å². The van der Waals surface area contributed by atoms with E-state index in [0.29, 0.717) is 5.75 Å². The normalized spacial score (nSPS) is 12.6. The predicted molar refractivity (Wildman–Crippen MR) is 43.9 cm³/mol. The standard InChI is InChI=1S/C9H10F2O2/c1-13-6-2-3-7(8(11)4-6)9(12)5-10/h2-4,9,12H,5H2,1H3. The van der Waals surface area contributed by atoms with Crippen LogP contribution in [0, 0.1) is 5.82 Å². The number of benzene rings is 1. The molecule has 0 radical (unpaired) electrons. The van der Waals surface area contributed by atoms with Crippen LogP contribution >= 0.6 is 0 Å². The number of ether oxygens (including phenoxy) is 1. The van der Waals surface area contributed by atoms with Crippen LogP contribution in [-0.2, 0) is 0 Å². The lowest BCUT2D eigenvalue weighted by atomic mass is 10.1. The second-order valence-corrected chi connectivity index (χ2v) is 2.56. The highest BCUT2D eigenvalue weighted by Gasteiger charge is 2.12. The SMILES string of the molecule is COc1ccc(C(O)CF)c(F)c1. The van der Waals surface area contributed by atoms with Crippen molar-refractivity contribution in [1.29, 1.82) is 0 Å². The number of aliphatic hydroxyl groups excluding tert-OH is 1. The van der Waals surface area contributed by atoms with E-state index in [9.17, 15) is 8.78 Å². The Bertz CT molecular complexity index is 289. The Morgan fingerprint density at radius 1 is 1.54 bits per heavy atom. The van der Waals surface area contributed by atoms with Crippen LogP contribution in [0.4, 0.5) is 8.78 Å². The maximum absolute atomic E-state index is 13.1. The summed E-state index contributed by atoms with van der Waals surface area (Å²) in [5, 5.41) is 9.02. The highest BCUT2D eigenvalue weighted by Crippen LogP contribution is 2.21. The first kappa shape index (κ1) is 9.92. The molecule has 0 bridgehead atoms. The summed E-state index contributed by atoms with van der Waals surface area (Å²) in [6.45, 7) is -0.997. The number of hydrogen-bond donors (Lipinski definition) is 1. The molecule has 0 aliphatic heterocycles. The van der Waals surface area contributed by atoms with Gasteiger partial charge in [0.2, 0.25) is 0 Å². The van der Waals surface area contributed by atoms with E-state index in [1.807, 2.05) is 0 Å². The molecule has 13 heavy (non-hydrogen) atoms. The van der Waals surface area contributed by atoms with Crippen molar-refractivity contribution in [3.8, 4) is 5.75 Å². The molecule has 4 heteroatoms. The van der Waals surface area contributed by atoms with Crippen molar-refractivity contribution in [2.75, 3.05) is 13.8 Å². The Morgan fingerprint density at radius 3 is 2.69 bits per heavy atom. The molecule has 1 aromatic rings. The molecule has 0 heterocycles. The molecule has 1 rings (SSSR count). The smallest absolute Gasteiger partial charge is 0.132 e. The second kappa shape index (κ2) is 4.18. The molecule has 1 atom stereocenters. The molecule has 1 N–H and O–H groups in total. The topological polar surface area (TPSA) is 29.5 Å². The summed E-state index contributed by atoms with van der Waals surface area (Å²) in [6, 6.07) is 3.88. The lowest BCUT2D eigenvalue weighted by Gasteiger charge is -2.08. The van der Waals surface area contributed by atoms with E-state index in [2.05, 4.69) is 0 Å². The third-order valence-corrected chi connectivity index (χ3v) is 1.71. The van der Waals surface area contributed by atoms with Crippen molar-refractivity contribution >= 4 is 0 Å². The van der Waals surface area contributed by atoms with Crippen LogP contribution in [0.15, 0.2) is 18.2 Å². The van der Waals surface area contributed by atoms with Gasteiger partial charge in [0, 0.05) is 11.6 Å². The van der Waals surface area contributed by atoms with E-state index >= 15 is 0 Å². The van der Waals surface area contributed by atoms with Crippen LogP contribution in [-0.4, -0.2) is 18.9 Å². The second-order valence-electron chi connectivity index (χ2n) is 2.56. The number of alkyl halides is 1. The van der Waals surface area contributed by atoms with Gasteiger partial charge in [-0.3, -0.25) is 0 Å². The zero-order valence-corrected chi connectivity index (χ0v) is 7.13. The van der Waals surface area contributed by atoms with Gasteiger partial charge < -0.3 is 9.84 Å². The van der Waals surface area contributed by atoms with Gasteiger partial charge in [0.15, 0.2) is 0 Å². The van der Waals surface area contributed by atoms with Gasteiger partial charge in [-0.1, -0.05) is 0 Å². The zero-order valence-electron chi connectivity index (χ0n) is 7.13. The van der Waals surface area contributed by atoms with E-state index in [4.69, 9.17) is 9.84 Å². The Hall–Kier alpha value is -1.16. The van der Waals surface area contributed by atoms with Gasteiger partial charge in [-0.2, -0.15) is 0 Å². The van der Waals surface area contributed by atoms with Crippen LogP contribution in [0.5, 0.6) is 5.75 Å². The van der Waals surface area contributed by atoms with Gasteiger partial charge in [0.05, 0.1) is 7.11 Å². The molecule has 0 aromatic heterocycles. The van der Waals surface area contributed by atoms with Crippen molar-refractivity contribution in [2.24, 2.45) is 0 Å².